The van der Waals surface area contributed by atoms with Crippen LogP contribution in [0.25, 0.3) is 0 Å². The van der Waals surface area contributed by atoms with E-state index in [1.165, 1.54) is 11.3 Å². The van der Waals surface area contributed by atoms with Crippen LogP contribution in [0.1, 0.15) is 10.9 Å². The highest BCUT2D eigenvalue weighted by atomic mass is 32.1. The molecule has 2 rings (SSSR count). The number of carboxylic acid groups (broad SMARTS) is 1. The van der Waals surface area contributed by atoms with E-state index in [4.69, 9.17) is 10.8 Å². The summed E-state index contributed by atoms with van der Waals surface area (Å²) in [5, 5.41) is 13.6. The molecule has 2 aromatic heterocycles. The first-order chi connectivity index (χ1) is 8.59. The molecule has 2 aromatic rings. The van der Waals surface area contributed by atoms with E-state index in [0.29, 0.717) is 4.88 Å². The summed E-state index contributed by atoms with van der Waals surface area (Å²) in [5.74, 6) is -1.02. The number of aliphatic carboxylic acids is 1. The topological polar surface area (TPSA) is 121 Å². The number of nitrogens with zero attached hydrogens (tertiary/aromatic N) is 1. The maximum atomic E-state index is 11.3. The summed E-state index contributed by atoms with van der Waals surface area (Å²) in [5.41, 5.74) is 4.88. The van der Waals surface area contributed by atoms with Gasteiger partial charge in [0.15, 0.2) is 11.9 Å². The molecule has 0 aliphatic heterocycles. The summed E-state index contributed by atoms with van der Waals surface area (Å²) >= 11 is 1.29. The Labute approximate surface area is 105 Å². The van der Waals surface area contributed by atoms with E-state index >= 15 is 0 Å². The van der Waals surface area contributed by atoms with Gasteiger partial charge in [0.05, 0.1) is 6.33 Å². The second kappa shape index (κ2) is 4.88. The largest absolute Gasteiger partial charge is 0.479 e. The fraction of sp³-hybridized carbons (Fsp3) is 0.100. The third kappa shape index (κ3) is 2.33. The number of H-pyrrole nitrogens is 1. The Morgan fingerprint density at radius 2 is 2.39 bits per heavy atom. The van der Waals surface area contributed by atoms with Gasteiger partial charge >= 0.3 is 5.97 Å². The molecule has 0 radical (unpaired) electrons. The first-order valence-corrected chi connectivity index (χ1v) is 5.83. The summed E-state index contributed by atoms with van der Waals surface area (Å²) in [4.78, 5) is 29.2. The third-order valence-electron chi connectivity index (χ3n) is 2.24. The molecule has 1 unspecified atom stereocenters. The summed E-state index contributed by atoms with van der Waals surface area (Å²) in [7, 11) is 0. The van der Waals surface area contributed by atoms with Crippen LogP contribution in [0.15, 0.2) is 28.6 Å². The van der Waals surface area contributed by atoms with Crippen LogP contribution in [0, 0.1) is 0 Å². The SMILES string of the molecule is Nc1c(NC(C(=O)O)c2cccs2)nc[nH]c1=O. The highest BCUT2D eigenvalue weighted by molar-refractivity contribution is 7.10. The van der Waals surface area contributed by atoms with Gasteiger partial charge in [-0.1, -0.05) is 6.07 Å². The number of anilines is 2. The Morgan fingerprint density at radius 1 is 1.61 bits per heavy atom. The van der Waals surface area contributed by atoms with Crippen LogP contribution in [0.5, 0.6) is 0 Å². The molecule has 0 saturated carbocycles. The zero-order valence-corrected chi connectivity index (χ0v) is 9.90. The lowest BCUT2D eigenvalue weighted by atomic mass is 10.2. The summed E-state index contributed by atoms with van der Waals surface area (Å²) < 4.78 is 0. The van der Waals surface area contributed by atoms with Gasteiger partial charge in [-0.2, -0.15) is 0 Å². The van der Waals surface area contributed by atoms with Crippen molar-refractivity contribution in [3.8, 4) is 0 Å². The number of aromatic nitrogens is 2. The molecule has 18 heavy (non-hydrogen) atoms. The third-order valence-corrected chi connectivity index (χ3v) is 3.18. The number of hydrogen-bond donors (Lipinski definition) is 4. The molecule has 0 aromatic carbocycles. The Bertz CT molecular complexity index is 608. The quantitative estimate of drug-likeness (QED) is 0.644. The molecule has 0 amide bonds. The Hall–Kier alpha value is -2.35. The highest BCUT2D eigenvalue weighted by Crippen LogP contribution is 2.24. The number of hydrogen-bond acceptors (Lipinski definition) is 6. The van der Waals surface area contributed by atoms with Crippen molar-refractivity contribution < 1.29 is 9.90 Å². The zero-order chi connectivity index (χ0) is 13.1. The minimum absolute atomic E-state index is 0.0551. The number of carboxylic acids is 1. The van der Waals surface area contributed by atoms with Crippen molar-refractivity contribution in [2.45, 2.75) is 6.04 Å². The number of rotatable bonds is 4. The van der Waals surface area contributed by atoms with Gasteiger partial charge in [-0.05, 0) is 11.4 Å². The Balaban J connectivity index is 2.33. The van der Waals surface area contributed by atoms with Crippen molar-refractivity contribution in [1.29, 1.82) is 0 Å². The van der Waals surface area contributed by atoms with Crippen molar-refractivity contribution in [2.75, 3.05) is 11.1 Å². The summed E-state index contributed by atoms with van der Waals surface area (Å²) in [6, 6.07) is 2.44. The lowest BCUT2D eigenvalue weighted by molar-refractivity contribution is -0.138. The van der Waals surface area contributed by atoms with Gasteiger partial charge in [-0.15, -0.1) is 11.3 Å². The maximum absolute atomic E-state index is 11.3. The molecule has 0 spiro atoms. The molecular weight excluding hydrogens is 256 g/mol. The monoisotopic (exact) mass is 266 g/mol. The molecule has 0 aliphatic carbocycles. The van der Waals surface area contributed by atoms with Crippen LogP contribution in [-0.2, 0) is 4.79 Å². The van der Waals surface area contributed by atoms with Crippen LogP contribution in [0.3, 0.4) is 0 Å². The van der Waals surface area contributed by atoms with Gasteiger partial charge in [0, 0.05) is 4.88 Å². The number of aromatic amines is 1. The van der Waals surface area contributed by atoms with E-state index in [1.807, 2.05) is 0 Å². The van der Waals surface area contributed by atoms with Crippen LogP contribution < -0.4 is 16.6 Å². The first-order valence-electron chi connectivity index (χ1n) is 4.95. The molecule has 7 nitrogen and oxygen atoms in total. The van der Waals surface area contributed by atoms with E-state index in [-0.39, 0.29) is 11.5 Å². The maximum Gasteiger partial charge on any atom is 0.331 e. The lowest BCUT2D eigenvalue weighted by Crippen LogP contribution is -2.23. The van der Waals surface area contributed by atoms with Gasteiger partial charge in [-0.25, -0.2) is 9.78 Å². The van der Waals surface area contributed by atoms with E-state index in [1.54, 1.807) is 17.5 Å². The van der Waals surface area contributed by atoms with Crippen LogP contribution in [0.2, 0.25) is 0 Å². The van der Waals surface area contributed by atoms with Crippen molar-refractivity contribution >= 4 is 28.8 Å². The number of carbonyl (C=O) groups is 1. The van der Waals surface area contributed by atoms with Crippen molar-refractivity contribution in [3.05, 3.63) is 39.1 Å². The minimum atomic E-state index is -1.07. The van der Waals surface area contributed by atoms with Gasteiger partial charge in [-0.3, -0.25) is 4.79 Å². The molecular formula is C10H10N4O3S. The molecule has 0 fully saturated rings. The normalized spacial score (nSPS) is 12.0. The molecule has 0 bridgehead atoms. The van der Waals surface area contributed by atoms with E-state index in [0.717, 1.165) is 6.33 Å². The van der Waals surface area contributed by atoms with Crippen molar-refractivity contribution in [1.82, 2.24) is 9.97 Å². The van der Waals surface area contributed by atoms with Crippen molar-refractivity contribution in [3.63, 3.8) is 0 Å². The predicted molar refractivity (Wildman–Crippen MR) is 67.6 cm³/mol. The van der Waals surface area contributed by atoms with Gasteiger partial charge in [0.1, 0.15) is 5.69 Å². The van der Waals surface area contributed by atoms with E-state index in [2.05, 4.69) is 15.3 Å². The van der Waals surface area contributed by atoms with E-state index < -0.39 is 17.6 Å². The molecule has 0 saturated heterocycles. The molecule has 5 N–H and O–H groups in total. The molecule has 94 valence electrons. The fourth-order valence-electron chi connectivity index (χ4n) is 1.37. The standard InChI is InChI=1S/C10H10N4O3S/c11-6-8(12-4-13-9(6)15)14-7(10(16)17)5-2-1-3-18-5/h1-4,7H,11H2,(H,16,17)(H2,12,13,14,15). The average molecular weight is 266 g/mol. The highest BCUT2D eigenvalue weighted by Gasteiger charge is 2.22. The van der Waals surface area contributed by atoms with Gasteiger partial charge in [0.2, 0.25) is 0 Å². The van der Waals surface area contributed by atoms with Crippen LogP contribution in [-0.4, -0.2) is 21.0 Å². The van der Waals surface area contributed by atoms with Crippen LogP contribution >= 0.6 is 11.3 Å². The minimum Gasteiger partial charge on any atom is -0.479 e. The lowest BCUT2D eigenvalue weighted by Gasteiger charge is -2.14. The number of nitrogens with two attached hydrogens (primary N) is 1. The molecule has 0 aliphatic rings. The molecule has 8 heteroatoms. The second-order valence-corrected chi connectivity index (χ2v) is 4.40. The first kappa shape index (κ1) is 12.1. The average Bonchev–Trinajstić information content (AvgIpc) is 2.84. The van der Waals surface area contributed by atoms with Gasteiger partial charge < -0.3 is 21.1 Å². The molecule has 1 atom stereocenters. The predicted octanol–water partition coefficient (Wildman–Crippen LogP) is 0.651. The summed E-state index contributed by atoms with van der Waals surface area (Å²) in [6.07, 6.45) is 1.16. The van der Waals surface area contributed by atoms with E-state index in [9.17, 15) is 9.59 Å². The molecule has 2 heterocycles. The fourth-order valence-corrected chi connectivity index (χ4v) is 2.14. The van der Waals surface area contributed by atoms with Crippen molar-refractivity contribution in [2.24, 2.45) is 0 Å². The Kier molecular flexibility index (Phi) is 3.28. The van der Waals surface area contributed by atoms with Gasteiger partial charge in [0.25, 0.3) is 5.56 Å². The number of nitrogen functional groups attached to an aromatic ring is 1. The zero-order valence-electron chi connectivity index (χ0n) is 9.08. The smallest absolute Gasteiger partial charge is 0.331 e. The Morgan fingerprint density at radius 3 is 3.00 bits per heavy atom. The number of thiophene rings is 1. The number of nitrogens with one attached hydrogen (secondary N) is 2. The van der Waals surface area contributed by atoms with Crippen LogP contribution in [0.4, 0.5) is 11.5 Å². The summed E-state index contributed by atoms with van der Waals surface area (Å²) in [6.45, 7) is 0. The second-order valence-electron chi connectivity index (χ2n) is 3.42.